The standard InChI is InChI=1S/C13H20O4/c1-4-16-12-7-5-6-11(8-14)13(12)17-10(2)9-15-3/h5-7,10,14H,4,8-9H2,1-3H3. The molecule has 96 valence electrons. The highest BCUT2D eigenvalue weighted by atomic mass is 16.5. The van der Waals surface area contributed by atoms with Crippen LogP contribution in [0.4, 0.5) is 0 Å². The zero-order chi connectivity index (χ0) is 12.7. The van der Waals surface area contributed by atoms with Gasteiger partial charge in [-0.1, -0.05) is 12.1 Å². The van der Waals surface area contributed by atoms with Crippen LogP contribution in [0.25, 0.3) is 0 Å². The van der Waals surface area contributed by atoms with Gasteiger partial charge in [0.05, 0.1) is 19.8 Å². The maximum atomic E-state index is 9.29. The predicted octanol–water partition coefficient (Wildman–Crippen LogP) is 1.99. The highest BCUT2D eigenvalue weighted by Crippen LogP contribution is 2.32. The maximum Gasteiger partial charge on any atom is 0.167 e. The molecule has 1 aromatic rings. The minimum atomic E-state index is -0.0908. The monoisotopic (exact) mass is 240 g/mol. The van der Waals surface area contributed by atoms with Crippen LogP contribution in [-0.4, -0.2) is 31.5 Å². The van der Waals surface area contributed by atoms with Crippen molar-refractivity contribution in [2.45, 2.75) is 26.6 Å². The van der Waals surface area contributed by atoms with Gasteiger partial charge in [0.15, 0.2) is 11.5 Å². The van der Waals surface area contributed by atoms with Gasteiger partial charge in [0.25, 0.3) is 0 Å². The Balaban J connectivity index is 2.91. The second kappa shape index (κ2) is 7.14. The van der Waals surface area contributed by atoms with Crippen LogP contribution in [0.3, 0.4) is 0 Å². The number of aliphatic hydroxyl groups is 1. The molecule has 1 aromatic carbocycles. The highest BCUT2D eigenvalue weighted by Gasteiger charge is 2.13. The molecule has 0 aliphatic carbocycles. The Kier molecular flexibility index (Phi) is 5.80. The van der Waals surface area contributed by atoms with E-state index in [9.17, 15) is 5.11 Å². The normalized spacial score (nSPS) is 12.2. The Bertz CT molecular complexity index is 338. The van der Waals surface area contributed by atoms with Crippen LogP contribution >= 0.6 is 0 Å². The summed E-state index contributed by atoms with van der Waals surface area (Å²) >= 11 is 0. The molecule has 0 saturated carbocycles. The summed E-state index contributed by atoms with van der Waals surface area (Å²) in [6.07, 6.45) is -0.0908. The molecule has 1 rings (SSSR count). The molecule has 1 unspecified atom stereocenters. The first-order valence-corrected chi connectivity index (χ1v) is 5.74. The van der Waals surface area contributed by atoms with E-state index in [1.54, 1.807) is 7.11 Å². The summed E-state index contributed by atoms with van der Waals surface area (Å²) in [6.45, 7) is 4.80. The molecule has 0 aromatic heterocycles. The van der Waals surface area contributed by atoms with Crippen molar-refractivity contribution in [3.05, 3.63) is 23.8 Å². The lowest BCUT2D eigenvalue weighted by atomic mass is 10.2. The fourth-order valence-corrected chi connectivity index (χ4v) is 1.56. The van der Waals surface area contributed by atoms with Gasteiger partial charge in [-0.2, -0.15) is 0 Å². The molecular formula is C13H20O4. The summed E-state index contributed by atoms with van der Waals surface area (Å²) in [4.78, 5) is 0. The van der Waals surface area contributed by atoms with Crippen molar-refractivity contribution in [2.75, 3.05) is 20.3 Å². The molecular weight excluding hydrogens is 220 g/mol. The number of hydrogen-bond donors (Lipinski definition) is 1. The first-order valence-electron chi connectivity index (χ1n) is 5.74. The number of ether oxygens (including phenoxy) is 3. The fraction of sp³-hybridized carbons (Fsp3) is 0.538. The number of para-hydroxylation sites is 1. The lowest BCUT2D eigenvalue weighted by molar-refractivity contribution is 0.0875. The van der Waals surface area contributed by atoms with E-state index in [-0.39, 0.29) is 12.7 Å². The highest BCUT2D eigenvalue weighted by molar-refractivity contribution is 5.46. The third-order valence-electron chi connectivity index (χ3n) is 2.25. The van der Waals surface area contributed by atoms with E-state index in [4.69, 9.17) is 14.2 Å². The van der Waals surface area contributed by atoms with Gasteiger partial charge in [-0.15, -0.1) is 0 Å². The van der Waals surface area contributed by atoms with Crippen LogP contribution in [0.5, 0.6) is 11.5 Å². The third kappa shape index (κ3) is 3.91. The summed E-state index contributed by atoms with van der Waals surface area (Å²) in [5.74, 6) is 1.25. The van der Waals surface area contributed by atoms with Gasteiger partial charge in [0.1, 0.15) is 6.10 Å². The summed E-state index contributed by atoms with van der Waals surface area (Å²) in [5.41, 5.74) is 0.721. The molecule has 0 amide bonds. The van der Waals surface area contributed by atoms with E-state index in [1.807, 2.05) is 32.0 Å². The van der Waals surface area contributed by atoms with Crippen LogP contribution < -0.4 is 9.47 Å². The van der Waals surface area contributed by atoms with Crippen LogP contribution in [0, 0.1) is 0 Å². The minimum Gasteiger partial charge on any atom is -0.490 e. The van der Waals surface area contributed by atoms with Crippen LogP contribution in [0.15, 0.2) is 18.2 Å². The van der Waals surface area contributed by atoms with E-state index < -0.39 is 0 Å². The predicted molar refractivity (Wildman–Crippen MR) is 65.5 cm³/mol. The molecule has 0 spiro atoms. The van der Waals surface area contributed by atoms with Gasteiger partial charge in [0.2, 0.25) is 0 Å². The Morgan fingerprint density at radius 2 is 2.12 bits per heavy atom. The van der Waals surface area contributed by atoms with Crippen molar-refractivity contribution >= 4 is 0 Å². The summed E-state index contributed by atoms with van der Waals surface area (Å²) < 4.78 is 16.3. The molecule has 0 bridgehead atoms. The largest absolute Gasteiger partial charge is 0.490 e. The van der Waals surface area contributed by atoms with Crippen molar-refractivity contribution in [3.8, 4) is 11.5 Å². The lowest BCUT2D eigenvalue weighted by Gasteiger charge is -2.19. The first-order chi connectivity index (χ1) is 8.22. The first kappa shape index (κ1) is 13.8. The van der Waals surface area contributed by atoms with Gasteiger partial charge in [-0.3, -0.25) is 0 Å². The summed E-state index contributed by atoms with van der Waals surface area (Å²) in [7, 11) is 1.63. The molecule has 1 atom stereocenters. The van der Waals surface area contributed by atoms with Crippen molar-refractivity contribution < 1.29 is 19.3 Å². The zero-order valence-corrected chi connectivity index (χ0v) is 10.6. The summed E-state index contributed by atoms with van der Waals surface area (Å²) in [5, 5.41) is 9.29. The molecule has 17 heavy (non-hydrogen) atoms. The Hall–Kier alpha value is -1.26. The average Bonchev–Trinajstić information content (AvgIpc) is 2.32. The molecule has 0 aliphatic heterocycles. The van der Waals surface area contributed by atoms with E-state index >= 15 is 0 Å². The Morgan fingerprint density at radius 3 is 2.71 bits per heavy atom. The van der Waals surface area contributed by atoms with Gasteiger partial charge >= 0.3 is 0 Å². The van der Waals surface area contributed by atoms with Crippen molar-refractivity contribution in [1.82, 2.24) is 0 Å². The van der Waals surface area contributed by atoms with Crippen LogP contribution in [-0.2, 0) is 11.3 Å². The topological polar surface area (TPSA) is 47.9 Å². The molecule has 0 heterocycles. The van der Waals surface area contributed by atoms with E-state index in [1.165, 1.54) is 0 Å². The second-order valence-corrected chi connectivity index (χ2v) is 3.72. The Morgan fingerprint density at radius 1 is 1.35 bits per heavy atom. The van der Waals surface area contributed by atoms with E-state index in [2.05, 4.69) is 0 Å². The molecule has 1 N–H and O–H groups in total. The quantitative estimate of drug-likeness (QED) is 0.791. The molecule has 4 heteroatoms. The van der Waals surface area contributed by atoms with Gasteiger partial charge in [-0.25, -0.2) is 0 Å². The molecule has 0 radical (unpaired) electrons. The molecule has 0 saturated heterocycles. The number of aliphatic hydroxyl groups excluding tert-OH is 1. The van der Waals surface area contributed by atoms with Gasteiger partial charge in [0, 0.05) is 12.7 Å². The zero-order valence-electron chi connectivity index (χ0n) is 10.6. The SMILES string of the molecule is CCOc1cccc(CO)c1OC(C)COC. The lowest BCUT2D eigenvalue weighted by Crippen LogP contribution is -2.19. The Labute approximate surface area is 102 Å². The second-order valence-electron chi connectivity index (χ2n) is 3.72. The minimum absolute atomic E-state index is 0.0735. The molecule has 0 fully saturated rings. The van der Waals surface area contributed by atoms with E-state index in [0.29, 0.717) is 24.7 Å². The van der Waals surface area contributed by atoms with Crippen LogP contribution in [0.2, 0.25) is 0 Å². The van der Waals surface area contributed by atoms with Crippen molar-refractivity contribution in [2.24, 2.45) is 0 Å². The molecule has 0 aliphatic rings. The molecule has 4 nitrogen and oxygen atoms in total. The van der Waals surface area contributed by atoms with Gasteiger partial charge in [-0.05, 0) is 19.9 Å². The summed E-state index contributed by atoms with van der Waals surface area (Å²) in [6, 6.07) is 5.49. The van der Waals surface area contributed by atoms with Crippen molar-refractivity contribution in [3.63, 3.8) is 0 Å². The number of benzene rings is 1. The number of rotatable bonds is 7. The van der Waals surface area contributed by atoms with Crippen LogP contribution in [0.1, 0.15) is 19.4 Å². The number of methoxy groups -OCH3 is 1. The van der Waals surface area contributed by atoms with Crippen molar-refractivity contribution in [1.29, 1.82) is 0 Å². The van der Waals surface area contributed by atoms with E-state index in [0.717, 1.165) is 5.56 Å². The third-order valence-corrected chi connectivity index (χ3v) is 2.25. The van der Waals surface area contributed by atoms with Gasteiger partial charge < -0.3 is 19.3 Å². The smallest absolute Gasteiger partial charge is 0.167 e. The average molecular weight is 240 g/mol. The number of hydrogen-bond acceptors (Lipinski definition) is 4. The fourth-order valence-electron chi connectivity index (χ4n) is 1.56. The maximum absolute atomic E-state index is 9.29.